The average molecular weight is 189 g/mol. The van der Waals surface area contributed by atoms with Crippen molar-refractivity contribution in [2.45, 2.75) is 6.04 Å². The van der Waals surface area contributed by atoms with E-state index >= 15 is 0 Å². The highest BCUT2D eigenvalue weighted by molar-refractivity contribution is 5.49. The molecule has 4 heteroatoms. The summed E-state index contributed by atoms with van der Waals surface area (Å²) in [5.74, 6) is 0. The van der Waals surface area contributed by atoms with Gasteiger partial charge in [-0.25, -0.2) is 0 Å². The molecule has 4 nitrogen and oxygen atoms in total. The maximum Gasteiger partial charge on any atom is 0.0789 e. The summed E-state index contributed by atoms with van der Waals surface area (Å²) in [5.41, 5.74) is 9.19. The van der Waals surface area contributed by atoms with E-state index < -0.39 is 6.04 Å². The molecular formula is C10H11N3O. The molecular weight excluding hydrogens is 178 g/mol. The van der Waals surface area contributed by atoms with Crippen LogP contribution in [0.3, 0.4) is 0 Å². The van der Waals surface area contributed by atoms with Crippen LogP contribution in [0.4, 0.5) is 0 Å². The van der Waals surface area contributed by atoms with Gasteiger partial charge in [0.2, 0.25) is 0 Å². The lowest BCUT2D eigenvalue weighted by molar-refractivity contribution is 0.284. The first-order valence-electron chi connectivity index (χ1n) is 4.25. The fourth-order valence-electron chi connectivity index (χ4n) is 0.989. The van der Waals surface area contributed by atoms with Crippen LogP contribution in [0.25, 0.3) is 16.5 Å². The molecule has 0 radical (unpaired) electrons. The fraction of sp³-hybridized carbons (Fsp3) is 0.200. The number of aliphatic hydroxyl groups excluding tert-OH is 1. The Morgan fingerprint density at radius 2 is 2.14 bits per heavy atom. The zero-order chi connectivity index (χ0) is 10.2. The molecule has 0 bridgehead atoms. The lowest BCUT2D eigenvalue weighted by atomic mass is 10.2. The first-order chi connectivity index (χ1) is 6.86. The van der Waals surface area contributed by atoms with Gasteiger partial charge in [0.15, 0.2) is 0 Å². The minimum Gasteiger partial charge on any atom is -0.396 e. The molecule has 1 unspecified atom stereocenters. The lowest BCUT2D eigenvalue weighted by Gasteiger charge is -1.98. The molecule has 1 aromatic rings. The first kappa shape index (κ1) is 10.3. The third kappa shape index (κ3) is 3.31. The molecule has 14 heavy (non-hydrogen) atoms. The molecule has 1 atom stereocenters. The van der Waals surface area contributed by atoms with Gasteiger partial charge in [-0.1, -0.05) is 47.6 Å². The fourth-order valence-corrected chi connectivity index (χ4v) is 0.989. The van der Waals surface area contributed by atoms with E-state index in [1.54, 1.807) is 6.08 Å². The molecule has 0 aliphatic carbocycles. The van der Waals surface area contributed by atoms with E-state index in [0.29, 0.717) is 0 Å². The Kier molecular flexibility index (Phi) is 4.27. The van der Waals surface area contributed by atoms with Crippen LogP contribution in [-0.4, -0.2) is 17.8 Å². The maximum absolute atomic E-state index is 8.82. The highest BCUT2D eigenvalue weighted by atomic mass is 16.3. The molecule has 0 amide bonds. The summed E-state index contributed by atoms with van der Waals surface area (Å²) in [6.07, 6.45) is 3.49. The van der Waals surface area contributed by atoms with E-state index in [2.05, 4.69) is 10.0 Å². The number of aliphatic hydroxyl groups is 1. The second-order valence-corrected chi connectivity index (χ2v) is 2.72. The number of hydrogen-bond donors (Lipinski definition) is 1. The molecule has 0 aliphatic heterocycles. The summed E-state index contributed by atoms with van der Waals surface area (Å²) in [7, 11) is 0. The number of azide groups is 1. The molecule has 1 aromatic carbocycles. The molecule has 1 N–H and O–H groups in total. The topological polar surface area (TPSA) is 69.0 Å². The molecule has 0 heterocycles. The van der Waals surface area contributed by atoms with Crippen LogP contribution in [-0.2, 0) is 0 Å². The van der Waals surface area contributed by atoms with Crippen LogP contribution in [0.2, 0.25) is 0 Å². The summed E-state index contributed by atoms with van der Waals surface area (Å²) >= 11 is 0. The minimum atomic E-state index is -0.486. The summed E-state index contributed by atoms with van der Waals surface area (Å²) in [5, 5.41) is 12.2. The number of hydrogen-bond acceptors (Lipinski definition) is 2. The van der Waals surface area contributed by atoms with Crippen LogP contribution < -0.4 is 0 Å². The Bertz CT molecular complexity index is 342. The van der Waals surface area contributed by atoms with Crippen molar-refractivity contribution in [2.24, 2.45) is 5.11 Å². The Labute approximate surface area is 82.1 Å². The molecule has 0 spiro atoms. The van der Waals surface area contributed by atoms with Gasteiger partial charge >= 0.3 is 0 Å². The molecule has 1 rings (SSSR count). The first-order valence-corrected chi connectivity index (χ1v) is 4.25. The Morgan fingerprint density at radius 1 is 1.43 bits per heavy atom. The average Bonchev–Trinajstić information content (AvgIpc) is 2.25. The van der Waals surface area contributed by atoms with E-state index in [9.17, 15) is 0 Å². The highest BCUT2D eigenvalue weighted by Gasteiger charge is 1.96. The summed E-state index contributed by atoms with van der Waals surface area (Å²) in [4.78, 5) is 2.63. The van der Waals surface area contributed by atoms with Gasteiger partial charge in [0.05, 0.1) is 12.6 Å². The van der Waals surface area contributed by atoms with E-state index in [4.69, 9.17) is 10.6 Å². The quantitative estimate of drug-likeness (QED) is 0.441. The monoisotopic (exact) mass is 189 g/mol. The summed E-state index contributed by atoms with van der Waals surface area (Å²) in [6, 6.07) is 9.14. The number of nitrogens with zero attached hydrogens (tertiary/aromatic N) is 3. The number of benzene rings is 1. The van der Waals surface area contributed by atoms with Gasteiger partial charge in [-0.3, -0.25) is 0 Å². The summed E-state index contributed by atoms with van der Waals surface area (Å²) < 4.78 is 0. The van der Waals surface area contributed by atoms with Crippen molar-refractivity contribution >= 4 is 6.08 Å². The standard InChI is InChI=1S/C10H11N3O/c11-13-12-10(8-14)7-6-9-4-2-1-3-5-9/h1-7,10,14H,8H2/b7-6+. The Morgan fingerprint density at radius 3 is 2.71 bits per heavy atom. The van der Waals surface area contributed by atoms with Gasteiger partial charge in [-0.05, 0) is 11.1 Å². The van der Waals surface area contributed by atoms with Gasteiger partial charge in [0, 0.05) is 4.91 Å². The van der Waals surface area contributed by atoms with Crippen molar-refractivity contribution in [1.82, 2.24) is 0 Å². The van der Waals surface area contributed by atoms with Crippen molar-refractivity contribution in [3.63, 3.8) is 0 Å². The van der Waals surface area contributed by atoms with Crippen molar-refractivity contribution in [3.05, 3.63) is 52.4 Å². The molecule has 0 aliphatic rings. The smallest absolute Gasteiger partial charge is 0.0789 e. The van der Waals surface area contributed by atoms with Crippen molar-refractivity contribution in [3.8, 4) is 0 Å². The predicted molar refractivity (Wildman–Crippen MR) is 55.5 cm³/mol. The van der Waals surface area contributed by atoms with Gasteiger partial charge < -0.3 is 5.11 Å². The maximum atomic E-state index is 8.82. The van der Waals surface area contributed by atoms with Gasteiger partial charge in [-0.2, -0.15) is 0 Å². The van der Waals surface area contributed by atoms with Crippen LogP contribution >= 0.6 is 0 Å². The third-order valence-electron chi connectivity index (χ3n) is 1.70. The largest absolute Gasteiger partial charge is 0.396 e. The van der Waals surface area contributed by atoms with Crippen molar-refractivity contribution in [1.29, 1.82) is 0 Å². The zero-order valence-electron chi connectivity index (χ0n) is 7.61. The lowest BCUT2D eigenvalue weighted by Crippen LogP contribution is -2.03. The molecule has 72 valence electrons. The van der Waals surface area contributed by atoms with E-state index in [1.807, 2.05) is 36.4 Å². The van der Waals surface area contributed by atoms with Crippen LogP contribution in [0.5, 0.6) is 0 Å². The van der Waals surface area contributed by atoms with E-state index in [-0.39, 0.29) is 6.61 Å². The van der Waals surface area contributed by atoms with Crippen LogP contribution in [0.1, 0.15) is 5.56 Å². The highest BCUT2D eigenvalue weighted by Crippen LogP contribution is 2.03. The zero-order valence-corrected chi connectivity index (χ0v) is 7.61. The Balaban J connectivity index is 2.67. The normalized spacial score (nSPS) is 12.4. The molecule has 0 saturated heterocycles. The minimum absolute atomic E-state index is 0.173. The predicted octanol–water partition coefficient (Wildman–Crippen LogP) is 2.37. The van der Waals surface area contributed by atoms with Crippen LogP contribution in [0, 0.1) is 0 Å². The Hall–Kier alpha value is -1.77. The van der Waals surface area contributed by atoms with Crippen LogP contribution in [0.15, 0.2) is 41.5 Å². The molecule has 0 saturated carbocycles. The van der Waals surface area contributed by atoms with E-state index in [0.717, 1.165) is 5.56 Å². The second kappa shape index (κ2) is 5.80. The molecule has 0 aromatic heterocycles. The van der Waals surface area contributed by atoms with Crippen molar-refractivity contribution in [2.75, 3.05) is 6.61 Å². The van der Waals surface area contributed by atoms with E-state index in [1.165, 1.54) is 0 Å². The van der Waals surface area contributed by atoms with Gasteiger partial charge in [-0.15, -0.1) is 0 Å². The summed E-state index contributed by atoms with van der Waals surface area (Å²) in [6.45, 7) is -0.173. The van der Waals surface area contributed by atoms with Gasteiger partial charge in [0.25, 0.3) is 0 Å². The van der Waals surface area contributed by atoms with Gasteiger partial charge in [0.1, 0.15) is 0 Å². The number of rotatable bonds is 4. The third-order valence-corrected chi connectivity index (χ3v) is 1.70. The second-order valence-electron chi connectivity index (χ2n) is 2.72. The molecule has 0 fully saturated rings. The van der Waals surface area contributed by atoms with Crippen molar-refractivity contribution < 1.29 is 5.11 Å². The SMILES string of the molecule is [N-]=[N+]=NC(/C=C/c1ccccc1)CO.